The molecule has 3 heterocycles. The van der Waals surface area contributed by atoms with E-state index in [9.17, 15) is 9.59 Å². The third-order valence-electron chi connectivity index (χ3n) is 4.17. The van der Waals surface area contributed by atoms with E-state index < -0.39 is 0 Å². The van der Waals surface area contributed by atoms with E-state index in [1.54, 1.807) is 21.8 Å². The second-order valence-electron chi connectivity index (χ2n) is 6.11. The van der Waals surface area contributed by atoms with Gasteiger partial charge in [-0.05, 0) is 37.0 Å². The summed E-state index contributed by atoms with van der Waals surface area (Å²) in [5, 5.41) is 4.92. The summed E-state index contributed by atoms with van der Waals surface area (Å²) in [4.78, 5) is 32.2. The van der Waals surface area contributed by atoms with E-state index in [1.807, 2.05) is 54.5 Å². The molecule has 0 saturated heterocycles. The number of carbonyl (C=O) groups is 1. The molecule has 0 radical (unpaired) electrons. The minimum absolute atomic E-state index is 0.0337. The number of carbonyl (C=O) groups excluding carboxylic acids is 1. The number of pyridine rings is 1. The summed E-state index contributed by atoms with van der Waals surface area (Å²) in [7, 11) is 0. The highest BCUT2D eigenvalue weighted by molar-refractivity contribution is 7.09. The van der Waals surface area contributed by atoms with Crippen LogP contribution in [0, 0.1) is 6.92 Å². The van der Waals surface area contributed by atoms with Crippen LogP contribution >= 0.6 is 11.3 Å². The van der Waals surface area contributed by atoms with Gasteiger partial charge in [0.1, 0.15) is 5.65 Å². The molecule has 0 aliphatic rings. The molecule has 0 fully saturated rings. The summed E-state index contributed by atoms with van der Waals surface area (Å²) in [6.07, 6.45) is 0. The molecule has 3 rings (SSSR count). The SMILES string of the molecule is CCN(CC(=O)NCc1cccs1)Cc1cc(=O)n2c(C)cccc2n1. The fourth-order valence-corrected chi connectivity index (χ4v) is 3.46. The number of likely N-dealkylation sites (N-methyl/N-ethyl adjacent to an activating group) is 1. The van der Waals surface area contributed by atoms with Crippen molar-refractivity contribution < 1.29 is 4.79 Å². The van der Waals surface area contributed by atoms with Crippen molar-refractivity contribution in [3.63, 3.8) is 0 Å². The van der Waals surface area contributed by atoms with E-state index >= 15 is 0 Å². The summed E-state index contributed by atoms with van der Waals surface area (Å²) in [5.74, 6) is -0.0337. The fraction of sp³-hybridized carbons (Fsp3) is 0.316. The second kappa shape index (κ2) is 8.25. The Morgan fingerprint density at radius 2 is 2.15 bits per heavy atom. The van der Waals surface area contributed by atoms with Crippen molar-refractivity contribution >= 4 is 22.9 Å². The number of rotatable bonds is 7. The molecular weight excluding hydrogens is 348 g/mol. The first-order valence-electron chi connectivity index (χ1n) is 8.56. The summed E-state index contributed by atoms with van der Waals surface area (Å²) >= 11 is 1.62. The first kappa shape index (κ1) is 18.3. The van der Waals surface area contributed by atoms with Crippen LogP contribution in [-0.4, -0.2) is 33.3 Å². The number of fused-ring (bicyclic) bond motifs is 1. The molecule has 0 saturated carbocycles. The first-order valence-corrected chi connectivity index (χ1v) is 9.44. The Kier molecular flexibility index (Phi) is 5.80. The number of hydrogen-bond donors (Lipinski definition) is 1. The third-order valence-corrected chi connectivity index (χ3v) is 5.05. The lowest BCUT2D eigenvalue weighted by Crippen LogP contribution is -2.37. The van der Waals surface area contributed by atoms with Gasteiger partial charge in [0.15, 0.2) is 0 Å². The van der Waals surface area contributed by atoms with Crippen molar-refractivity contribution in [2.45, 2.75) is 26.9 Å². The lowest BCUT2D eigenvalue weighted by molar-refractivity contribution is -0.122. The Labute approximate surface area is 156 Å². The molecule has 0 aliphatic heterocycles. The van der Waals surface area contributed by atoms with Gasteiger partial charge in [-0.1, -0.05) is 19.1 Å². The minimum atomic E-state index is -0.0960. The Balaban J connectivity index is 1.67. The van der Waals surface area contributed by atoms with Crippen LogP contribution in [0.1, 0.15) is 23.2 Å². The monoisotopic (exact) mass is 370 g/mol. The molecule has 26 heavy (non-hydrogen) atoms. The van der Waals surface area contributed by atoms with Gasteiger partial charge in [-0.2, -0.15) is 0 Å². The number of amides is 1. The van der Waals surface area contributed by atoms with Crippen molar-refractivity contribution in [1.82, 2.24) is 19.6 Å². The molecule has 7 heteroatoms. The molecule has 1 amide bonds. The van der Waals surface area contributed by atoms with Gasteiger partial charge in [-0.3, -0.25) is 18.9 Å². The zero-order chi connectivity index (χ0) is 18.5. The maximum absolute atomic E-state index is 12.4. The Morgan fingerprint density at radius 1 is 1.31 bits per heavy atom. The normalized spacial score (nSPS) is 11.2. The van der Waals surface area contributed by atoms with Crippen LogP contribution in [0.15, 0.2) is 46.6 Å². The summed E-state index contributed by atoms with van der Waals surface area (Å²) in [6, 6.07) is 11.1. The van der Waals surface area contributed by atoms with Crippen LogP contribution in [0.4, 0.5) is 0 Å². The molecule has 0 atom stereocenters. The standard InChI is InChI=1S/C19H22N4O2S/c1-3-22(13-18(24)20-11-16-7-5-9-26-16)12-15-10-19(25)23-14(2)6-4-8-17(23)21-15/h4-10H,3,11-13H2,1-2H3,(H,20,24). The number of aryl methyl sites for hydroxylation is 1. The van der Waals surface area contributed by atoms with Gasteiger partial charge in [-0.15, -0.1) is 11.3 Å². The van der Waals surface area contributed by atoms with Crippen molar-refractivity contribution in [3.8, 4) is 0 Å². The smallest absolute Gasteiger partial charge is 0.258 e. The Hall–Kier alpha value is -2.51. The first-order chi connectivity index (χ1) is 12.6. The average Bonchev–Trinajstić information content (AvgIpc) is 3.12. The summed E-state index contributed by atoms with van der Waals surface area (Å²) in [5.41, 5.74) is 2.06. The van der Waals surface area contributed by atoms with Crippen LogP contribution in [-0.2, 0) is 17.9 Å². The van der Waals surface area contributed by atoms with E-state index in [1.165, 1.54) is 0 Å². The highest BCUT2D eigenvalue weighted by Gasteiger charge is 2.12. The van der Waals surface area contributed by atoms with Gasteiger partial charge in [-0.25, -0.2) is 4.98 Å². The zero-order valence-electron chi connectivity index (χ0n) is 14.9. The Morgan fingerprint density at radius 3 is 2.88 bits per heavy atom. The van der Waals surface area contributed by atoms with Crippen LogP contribution in [0.25, 0.3) is 5.65 Å². The van der Waals surface area contributed by atoms with Crippen LogP contribution in [0.2, 0.25) is 0 Å². The van der Waals surface area contributed by atoms with Crippen molar-refractivity contribution in [3.05, 3.63) is 68.4 Å². The van der Waals surface area contributed by atoms with Crippen molar-refractivity contribution in [2.24, 2.45) is 0 Å². The van der Waals surface area contributed by atoms with Crippen LogP contribution in [0.5, 0.6) is 0 Å². The van der Waals surface area contributed by atoms with Gasteiger partial charge in [0.05, 0.1) is 18.8 Å². The van der Waals surface area contributed by atoms with Gasteiger partial charge in [0.25, 0.3) is 5.56 Å². The molecule has 0 unspecified atom stereocenters. The number of aromatic nitrogens is 2. The van der Waals surface area contributed by atoms with Crippen molar-refractivity contribution in [1.29, 1.82) is 0 Å². The molecule has 136 valence electrons. The molecule has 0 bridgehead atoms. The summed E-state index contributed by atoms with van der Waals surface area (Å²) < 4.78 is 1.59. The predicted molar refractivity (Wildman–Crippen MR) is 103 cm³/mol. The number of nitrogens with zero attached hydrogens (tertiary/aromatic N) is 3. The van der Waals surface area contributed by atoms with Crippen LogP contribution in [0.3, 0.4) is 0 Å². The van der Waals surface area contributed by atoms with E-state index in [0.717, 1.165) is 10.6 Å². The molecule has 3 aromatic heterocycles. The topological polar surface area (TPSA) is 66.7 Å². The number of thiophene rings is 1. The lowest BCUT2D eigenvalue weighted by Gasteiger charge is -2.19. The number of hydrogen-bond acceptors (Lipinski definition) is 5. The molecule has 0 aliphatic carbocycles. The fourth-order valence-electron chi connectivity index (χ4n) is 2.81. The quantitative estimate of drug-likeness (QED) is 0.692. The zero-order valence-corrected chi connectivity index (χ0v) is 15.8. The van der Waals surface area contributed by atoms with E-state index in [2.05, 4.69) is 10.3 Å². The molecule has 6 nitrogen and oxygen atoms in total. The lowest BCUT2D eigenvalue weighted by atomic mass is 10.3. The molecule has 0 spiro atoms. The van der Waals surface area contributed by atoms with Crippen LogP contribution < -0.4 is 10.9 Å². The van der Waals surface area contributed by atoms with Gasteiger partial charge in [0.2, 0.25) is 5.91 Å². The highest BCUT2D eigenvalue weighted by atomic mass is 32.1. The molecular formula is C19H22N4O2S. The second-order valence-corrected chi connectivity index (χ2v) is 7.14. The number of nitrogens with one attached hydrogen (secondary N) is 1. The van der Waals surface area contributed by atoms with Gasteiger partial charge >= 0.3 is 0 Å². The third kappa shape index (κ3) is 4.36. The molecule has 0 aromatic carbocycles. The largest absolute Gasteiger partial charge is 0.350 e. The van der Waals surface area contributed by atoms with E-state index in [-0.39, 0.29) is 18.0 Å². The average molecular weight is 370 g/mol. The molecule has 3 aromatic rings. The van der Waals surface area contributed by atoms with E-state index in [4.69, 9.17) is 0 Å². The highest BCUT2D eigenvalue weighted by Crippen LogP contribution is 2.08. The maximum Gasteiger partial charge on any atom is 0.258 e. The van der Waals surface area contributed by atoms with E-state index in [0.29, 0.717) is 31.0 Å². The van der Waals surface area contributed by atoms with Crippen molar-refractivity contribution in [2.75, 3.05) is 13.1 Å². The predicted octanol–water partition coefficient (Wildman–Crippen LogP) is 2.20. The van der Waals surface area contributed by atoms with Gasteiger partial charge in [0, 0.05) is 23.2 Å². The maximum atomic E-state index is 12.4. The Bertz CT molecular complexity index is 950. The van der Waals surface area contributed by atoms with Gasteiger partial charge < -0.3 is 5.32 Å². The molecule has 1 N–H and O–H groups in total. The minimum Gasteiger partial charge on any atom is -0.350 e. The summed E-state index contributed by atoms with van der Waals surface area (Å²) in [6.45, 7) is 5.85.